The van der Waals surface area contributed by atoms with Gasteiger partial charge in [-0.1, -0.05) is 12.1 Å². The number of hydrogen-bond donors (Lipinski definition) is 2. The largest absolute Gasteiger partial charge is 0.378 e. The van der Waals surface area contributed by atoms with E-state index < -0.39 is 11.4 Å². The van der Waals surface area contributed by atoms with Gasteiger partial charge in [-0.3, -0.25) is 9.59 Å². The molecule has 1 fully saturated rings. The van der Waals surface area contributed by atoms with Gasteiger partial charge >= 0.3 is 0 Å². The van der Waals surface area contributed by atoms with E-state index in [-0.39, 0.29) is 12.5 Å². The first kappa shape index (κ1) is 15.6. The van der Waals surface area contributed by atoms with Gasteiger partial charge in [-0.15, -0.1) is 11.3 Å². The van der Waals surface area contributed by atoms with E-state index in [0.717, 1.165) is 16.3 Å². The molecule has 1 aliphatic heterocycles. The lowest BCUT2D eigenvalue weighted by Gasteiger charge is -2.24. The Bertz CT molecular complexity index is 733. The number of nitrogens with one attached hydrogen (secondary N) is 1. The Balaban J connectivity index is 1.76. The molecule has 7 heteroatoms. The molecule has 0 spiro atoms. The van der Waals surface area contributed by atoms with Crippen molar-refractivity contribution in [1.29, 1.82) is 0 Å². The quantitative estimate of drug-likeness (QED) is 0.887. The fourth-order valence-corrected chi connectivity index (χ4v) is 3.12. The Morgan fingerprint density at radius 1 is 1.35 bits per heavy atom. The summed E-state index contributed by atoms with van der Waals surface area (Å²) in [6.45, 7) is 2.47. The molecule has 3 rings (SSSR count). The van der Waals surface area contributed by atoms with Crippen molar-refractivity contribution < 1.29 is 14.3 Å². The number of carbonyl (C=O) groups excluding carboxylic acids is 2. The molecule has 1 unspecified atom stereocenters. The number of benzene rings is 1. The SMILES string of the molecule is Cc1nc(-c2ccc(C(=O)NC3(C(N)=O)CCOC3)cc2)cs1. The van der Waals surface area contributed by atoms with Crippen LogP contribution in [0.3, 0.4) is 0 Å². The Hall–Kier alpha value is -2.25. The summed E-state index contributed by atoms with van der Waals surface area (Å²) in [5.41, 5.74) is 6.61. The smallest absolute Gasteiger partial charge is 0.252 e. The molecule has 2 amide bonds. The molecular weight excluding hydrogens is 314 g/mol. The molecule has 23 heavy (non-hydrogen) atoms. The monoisotopic (exact) mass is 331 g/mol. The molecule has 0 bridgehead atoms. The number of rotatable bonds is 4. The zero-order valence-corrected chi connectivity index (χ0v) is 13.5. The molecule has 0 saturated carbocycles. The van der Waals surface area contributed by atoms with Crippen molar-refractivity contribution >= 4 is 23.2 Å². The molecule has 6 nitrogen and oxygen atoms in total. The summed E-state index contributed by atoms with van der Waals surface area (Å²) in [6.07, 6.45) is 0.393. The number of nitrogens with zero attached hydrogens (tertiary/aromatic N) is 1. The van der Waals surface area contributed by atoms with E-state index in [0.29, 0.717) is 18.6 Å². The maximum absolute atomic E-state index is 12.4. The lowest BCUT2D eigenvalue weighted by molar-refractivity contribution is -0.124. The van der Waals surface area contributed by atoms with E-state index >= 15 is 0 Å². The molecule has 0 aliphatic carbocycles. The normalized spacial score (nSPS) is 20.4. The third-order valence-corrected chi connectivity index (χ3v) is 4.68. The molecule has 2 heterocycles. The van der Waals surface area contributed by atoms with Crippen molar-refractivity contribution in [3.8, 4) is 11.3 Å². The highest BCUT2D eigenvalue weighted by Crippen LogP contribution is 2.23. The van der Waals surface area contributed by atoms with Crippen LogP contribution in [0.1, 0.15) is 21.8 Å². The number of hydrogen-bond acceptors (Lipinski definition) is 5. The van der Waals surface area contributed by atoms with E-state index in [1.54, 1.807) is 23.5 Å². The first-order chi connectivity index (χ1) is 11.0. The number of aryl methyl sites for hydroxylation is 1. The van der Waals surface area contributed by atoms with Crippen molar-refractivity contribution in [3.63, 3.8) is 0 Å². The third-order valence-electron chi connectivity index (χ3n) is 3.91. The minimum absolute atomic E-state index is 0.115. The minimum atomic E-state index is -1.11. The van der Waals surface area contributed by atoms with Crippen LogP contribution < -0.4 is 11.1 Å². The molecule has 1 saturated heterocycles. The fourth-order valence-electron chi connectivity index (χ4n) is 2.50. The van der Waals surface area contributed by atoms with Crippen molar-refractivity contribution in [3.05, 3.63) is 40.2 Å². The van der Waals surface area contributed by atoms with E-state index in [2.05, 4.69) is 10.3 Å². The van der Waals surface area contributed by atoms with Crippen LogP contribution in [0.2, 0.25) is 0 Å². The van der Waals surface area contributed by atoms with E-state index in [4.69, 9.17) is 10.5 Å². The zero-order valence-electron chi connectivity index (χ0n) is 12.7. The second-order valence-corrected chi connectivity index (χ2v) is 6.59. The van der Waals surface area contributed by atoms with Crippen LogP contribution in [0.5, 0.6) is 0 Å². The summed E-state index contributed by atoms with van der Waals surface area (Å²) in [5.74, 6) is -0.909. The molecule has 120 valence electrons. The zero-order chi connectivity index (χ0) is 16.4. The number of thiazole rings is 1. The molecule has 0 radical (unpaired) electrons. The highest BCUT2D eigenvalue weighted by molar-refractivity contribution is 7.09. The van der Waals surface area contributed by atoms with Crippen LogP contribution in [0.4, 0.5) is 0 Å². The van der Waals surface area contributed by atoms with Crippen LogP contribution in [-0.4, -0.2) is 35.6 Å². The van der Waals surface area contributed by atoms with Gasteiger partial charge in [-0.2, -0.15) is 0 Å². The number of carbonyl (C=O) groups is 2. The van der Waals surface area contributed by atoms with E-state index in [1.165, 1.54) is 0 Å². The van der Waals surface area contributed by atoms with Crippen LogP contribution in [0, 0.1) is 6.92 Å². The van der Waals surface area contributed by atoms with Gasteiger partial charge in [-0.05, 0) is 19.1 Å². The van der Waals surface area contributed by atoms with Crippen molar-refractivity contribution in [1.82, 2.24) is 10.3 Å². The van der Waals surface area contributed by atoms with Crippen LogP contribution >= 0.6 is 11.3 Å². The molecular formula is C16H17N3O3S. The maximum atomic E-state index is 12.4. The van der Waals surface area contributed by atoms with Gasteiger partial charge in [0.15, 0.2) is 0 Å². The second kappa shape index (κ2) is 6.10. The Kier molecular flexibility index (Phi) is 4.14. The molecule has 2 aromatic rings. The summed E-state index contributed by atoms with van der Waals surface area (Å²) in [4.78, 5) is 28.4. The standard InChI is InChI=1S/C16H17N3O3S/c1-10-18-13(8-23-10)11-2-4-12(5-3-11)14(20)19-16(15(17)21)6-7-22-9-16/h2-5,8H,6-7,9H2,1H3,(H2,17,21)(H,19,20). The average Bonchev–Trinajstić information content (AvgIpc) is 3.17. The average molecular weight is 331 g/mol. The first-order valence-electron chi connectivity index (χ1n) is 7.23. The predicted molar refractivity (Wildman–Crippen MR) is 87.1 cm³/mol. The summed E-state index contributed by atoms with van der Waals surface area (Å²) in [7, 11) is 0. The number of aromatic nitrogens is 1. The lowest BCUT2D eigenvalue weighted by atomic mass is 9.97. The first-order valence-corrected chi connectivity index (χ1v) is 8.11. The van der Waals surface area contributed by atoms with Gasteiger partial charge < -0.3 is 15.8 Å². The van der Waals surface area contributed by atoms with Gasteiger partial charge in [-0.25, -0.2) is 4.98 Å². The Morgan fingerprint density at radius 3 is 2.61 bits per heavy atom. The van der Waals surface area contributed by atoms with Gasteiger partial charge in [0.25, 0.3) is 5.91 Å². The van der Waals surface area contributed by atoms with Crippen LogP contribution in [0.25, 0.3) is 11.3 Å². The van der Waals surface area contributed by atoms with Crippen molar-refractivity contribution in [2.45, 2.75) is 18.9 Å². The second-order valence-electron chi connectivity index (χ2n) is 5.53. The van der Waals surface area contributed by atoms with Gasteiger partial charge in [0.05, 0.1) is 17.3 Å². The summed E-state index contributed by atoms with van der Waals surface area (Å²) in [6, 6.07) is 7.10. The summed E-state index contributed by atoms with van der Waals surface area (Å²) < 4.78 is 5.22. The molecule has 1 atom stereocenters. The summed E-state index contributed by atoms with van der Waals surface area (Å²) >= 11 is 1.58. The number of nitrogens with two attached hydrogens (primary N) is 1. The van der Waals surface area contributed by atoms with Crippen molar-refractivity contribution in [2.75, 3.05) is 13.2 Å². The van der Waals surface area contributed by atoms with Crippen LogP contribution in [0.15, 0.2) is 29.6 Å². The minimum Gasteiger partial charge on any atom is -0.378 e. The predicted octanol–water partition coefficient (Wildman–Crippen LogP) is 1.49. The van der Waals surface area contributed by atoms with E-state index in [9.17, 15) is 9.59 Å². The molecule has 3 N–H and O–H groups in total. The topological polar surface area (TPSA) is 94.3 Å². The van der Waals surface area contributed by atoms with Gasteiger partial charge in [0.2, 0.25) is 5.91 Å². The van der Waals surface area contributed by atoms with Crippen LogP contribution in [-0.2, 0) is 9.53 Å². The number of amides is 2. The molecule has 1 aromatic heterocycles. The maximum Gasteiger partial charge on any atom is 0.252 e. The fraction of sp³-hybridized carbons (Fsp3) is 0.312. The molecule has 1 aromatic carbocycles. The van der Waals surface area contributed by atoms with Crippen molar-refractivity contribution in [2.24, 2.45) is 5.73 Å². The van der Waals surface area contributed by atoms with Gasteiger partial charge in [0, 0.05) is 29.5 Å². The van der Waals surface area contributed by atoms with Gasteiger partial charge in [0.1, 0.15) is 5.54 Å². The Labute approximate surface area is 137 Å². The highest BCUT2D eigenvalue weighted by atomic mass is 32.1. The lowest BCUT2D eigenvalue weighted by Crippen LogP contribution is -2.58. The molecule has 1 aliphatic rings. The highest BCUT2D eigenvalue weighted by Gasteiger charge is 2.42. The van der Waals surface area contributed by atoms with E-state index in [1.807, 2.05) is 24.4 Å². The summed E-state index contributed by atoms with van der Waals surface area (Å²) in [5, 5.41) is 5.69. The number of primary amides is 1. The Morgan fingerprint density at radius 2 is 2.09 bits per heavy atom. The number of ether oxygens (including phenoxy) is 1. The third kappa shape index (κ3) is 3.11.